The summed E-state index contributed by atoms with van der Waals surface area (Å²) in [6, 6.07) is 8.69. The Morgan fingerprint density at radius 2 is 2.00 bits per heavy atom. The molecule has 0 spiro atoms. The summed E-state index contributed by atoms with van der Waals surface area (Å²) >= 11 is 11.0. The zero-order valence-corrected chi connectivity index (χ0v) is 9.18. The van der Waals surface area contributed by atoms with Crippen molar-refractivity contribution in [2.75, 3.05) is 0 Å². The average Bonchev–Trinajstić information content (AvgIpc) is 2.20. The maximum atomic E-state index is 11.0. The summed E-state index contributed by atoms with van der Waals surface area (Å²) < 4.78 is 1.98. The van der Waals surface area contributed by atoms with Gasteiger partial charge in [-0.05, 0) is 24.4 Å². The van der Waals surface area contributed by atoms with Gasteiger partial charge in [0, 0.05) is 12.3 Å². The molecule has 0 saturated heterocycles. The Labute approximate surface area is 96.0 Å². The van der Waals surface area contributed by atoms with Gasteiger partial charge in [0.2, 0.25) is 0 Å². The first-order valence-corrected chi connectivity index (χ1v) is 5.04. The van der Waals surface area contributed by atoms with Crippen LogP contribution in [0, 0.1) is 4.77 Å². The van der Waals surface area contributed by atoms with E-state index in [1.54, 1.807) is 16.8 Å². The summed E-state index contributed by atoms with van der Waals surface area (Å²) in [4.78, 5) is 13.5. The molecule has 2 aromatic rings. The number of rotatable bonds is 1. The first-order valence-electron chi connectivity index (χ1n) is 4.25. The Bertz CT molecular complexity index is 603. The molecule has 0 radical (unpaired) electrons. The smallest absolute Gasteiger partial charge is 0.251 e. The molecule has 2 rings (SSSR count). The van der Waals surface area contributed by atoms with Crippen molar-refractivity contribution in [1.82, 2.24) is 9.55 Å². The van der Waals surface area contributed by atoms with Crippen molar-refractivity contribution in [1.29, 1.82) is 0 Å². The van der Waals surface area contributed by atoms with Crippen LogP contribution in [-0.2, 0) is 0 Å². The van der Waals surface area contributed by atoms with Crippen LogP contribution < -0.4 is 5.56 Å². The number of benzene rings is 1. The quantitative estimate of drug-likeness (QED) is 0.776. The largest absolute Gasteiger partial charge is 0.299 e. The molecule has 0 atom stereocenters. The van der Waals surface area contributed by atoms with Gasteiger partial charge in [-0.3, -0.25) is 14.3 Å². The number of para-hydroxylation sites is 1. The van der Waals surface area contributed by atoms with Crippen LogP contribution in [0.25, 0.3) is 5.69 Å². The fourth-order valence-corrected chi connectivity index (χ4v) is 1.74. The molecule has 0 aliphatic heterocycles. The number of hydrogen-bond acceptors (Lipinski definition) is 2. The summed E-state index contributed by atoms with van der Waals surface area (Å²) in [6.45, 7) is 0. The first-order chi connectivity index (χ1) is 7.18. The topological polar surface area (TPSA) is 37.8 Å². The maximum Gasteiger partial charge on any atom is 0.251 e. The molecule has 76 valence electrons. The molecule has 0 aliphatic rings. The lowest BCUT2D eigenvalue weighted by molar-refractivity contribution is 0.937. The zero-order chi connectivity index (χ0) is 10.8. The number of nitrogens with zero attached hydrogens (tertiary/aromatic N) is 1. The third-order valence-electron chi connectivity index (χ3n) is 1.94. The molecule has 1 aromatic heterocycles. The maximum absolute atomic E-state index is 11.0. The molecule has 1 aromatic carbocycles. The third-order valence-corrected chi connectivity index (χ3v) is 2.55. The van der Waals surface area contributed by atoms with E-state index in [1.807, 2.05) is 18.2 Å². The van der Waals surface area contributed by atoms with Gasteiger partial charge in [-0.15, -0.1) is 0 Å². The second-order valence-electron chi connectivity index (χ2n) is 2.93. The van der Waals surface area contributed by atoms with Gasteiger partial charge in [0.05, 0.1) is 10.7 Å². The van der Waals surface area contributed by atoms with Crippen LogP contribution in [0.3, 0.4) is 0 Å². The van der Waals surface area contributed by atoms with Crippen LogP contribution in [0.5, 0.6) is 0 Å². The SMILES string of the molecule is O=c1ccn(-c2ccccc2Cl)c(=S)[nH]1. The van der Waals surface area contributed by atoms with Gasteiger partial charge in [-0.1, -0.05) is 23.7 Å². The lowest BCUT2D eigenvalue weighted by atomic mass is 10.3. The van der Waals surface area contributed by atoms with Gasteiger partial charge in [0.15, 0.2) is 4.77 Å². The average molecular weight is 239 g/mol. The monoisotopic (exact) mass is 238 g/mol. The van der Waals surface area contributed by atoms with Crippen molar-refractivity contribution in [3.63, 3.8) is 0 Å². The highest BCUT2D eigenvalue weighted by Crippen LogP contribution is 2.18. The van der Waals surface area contributed by atoms with E-state index in [0.29, 0.717) is 9.79 Å². The van der Waals surface area contributed by atoms with Gasteiger partial charge in [0.1, 0.15) is 0 Å². The Morgan fingerprint density at radius 3 is 2.67 bits per heavy atom. The van der Waals surface area contributed by atoms with Crippen LogP contribution in [0.4, 0.5) is 0 Å². The minimum Gasteiger partial charge on any atom is -0.299 e. The molecule has 0 aliphatic carbocycles. The number of aromatic nitrogens is 2. The van der Waals surface area contributed by atoms with E-state index >= 15 is 0 Å². The Balaban J connectivity index is 2.70. The van der Waals surface area contributed by atoms with Crippen molar-refractivity contribution in [3.05, 3.63) is 56.7 Å². The Kier molecular flexibility index (Phi) is 2.70. The molecule has 15 heavy (non-hydrogen) atoms. The number of halogens is 1. The minimum atomic E-state index is -0.219. The van der Waals surface area contributed by atoms with E-state index in [0.717, 1.165) is 5.69 Å². The highest BCUT2D eigenvalue weighted by molar-refractivity contribution is 7.71. The molecule has 0 amide bonds. The van der Waals surface area contributed by atoms with Crippen molar-refractivity contribution in [3.8, 4) is 5.69 Å². The molecule has 1 heterocycles. The summed E-state index contributed by atoms with van der Waals surface area (Å²) in [5.74, 6) is 0. The second kappa shape index (κ2) is 4.00. The molecule has 5 heteroatoms. The third kappa shape index (κ3) is 2.00. The lowest BCUT2D eigenvalue weighted by Gasteiger charge is -2.07. The van der Waals surface area contributed by atoms with Crippen molar-refractivity contribution >= 4 is 23.8 Å². The highest BCUT2D eigenvalue weighted by atomic mass is 35.5. The molecule has 1 N–H and O–H groups in total. The van der Waals surface area contributed by atoms with E-state index in [9.17, 15) is 4.79 Å². The van der Waals surface area contributed by atoms with Crippen molar-refractivity contribution in [2.45, 2.75) is 0 Å². The zero-order valence-electron chi connectivity index (χ0n) is 7.61. The summed E-state index contributed by atoms with van der Waals surface area (Å²) in [6.07, 6.45) is 1.60. The van der Waals surface area contributed by atoms with Crippen LogP contribution in [0.2, 0.25) is 5.02 Å². The molecule has 0 saturated carbocycles. The summed E-state index contributed by atoms with van der Waals surface area (Å²) in [7, 11) is 0. The Hall–Kier alpha value is -1.39. The van der Waals surface area contributed by atoms with Gasteiger partial charge in [-0.25, -0.2) is 0 Å². The van der Waals surface area contributed by atoms with Gasteiger partial charge < -0.3 is 0 Å². The second-order valence-corrected chi connectivity index (χ2v) is 3.73. The van der Waals surface area contributed by atoms with Crippen LogP contribution >= 0.6 is 23.8 Å². The predicted molar refractivity (Wildman–Crippen MR) is 62.2 cm³/mol. The van der Waals surface area contributed by atoms with Crippen LogP contribution in [0.15, 0.2) is 41.3 Å². The number of aromatic amines is 1. The number of nitrogens with one attached hydrogen (secondary N) is 1. The standard InChI is InChI=1S/C10H7ClN2OS/c11-7-3-1-2-4-8(7)13-6-5-9(14)12-10(13)15/h1-6H,(H,12,14,15). The molecule has 0 fully saturated rings. The Morgan fingerprint density at radius 1 is 1.27 bits per heavy atom. The van der Waals surface area contributed by atoms with Gasteiger partial charge >= 0.3 is 0 Å². The van der Waals surface area contributed by atoms with Crippen molar-refractivity contribution in [2.24, 2.45) is 0 Å². The molecular formula is C10H7ClN2OS. The normalized spacial score (nSPS) is 10.2. The van der Waals surface area contributed by atoms with Gasteiger partial charge in [0.25, 0.3) is 5.56 Å². The van der Waals surface area contributed by atoms with Crippen LogP contribution in [-0.4, -0.2) is 9.55 Å². The lowest BCUT2D eigenvalue weighted by Crippen LogP contribution is -2.09. The molecule has 0 bridgehead atoms. The molecule has 3 nitrogen and oxygen atoms in total. The predicted octanol–water partition coefficient (Wildman–Crippen LogP) is 2.55. The molecular weight excluding hydrogens is 232 g/mol. The van der Waals surface area contributed by atoms with E-state index < -0.39 is 0 Å². The van der Waals surface area contributed by atoms with E-state index in [2.05, 4.69) is 4.98 Å². The minimum absolute atomic E-state index is 0.219. The highest BCUT2D eigenvalue weighted by Gasteiger charge is 2.01. The van der Waals surface area contributed by atoms with Crippen LogP contribution in [0.1, 0.15) is 0 Å². The summed E-state index contributed by atoms with van der Waals surface area (Å²) in [5.41, 5.74) is 0.531. The van der Waals surface area contributed by atoms with E-state index in [4.69, 9.17) is 23.8 Å². The number of hydrogen-bond donors (Lipinski definition) is 1. The van der Waals surface area contributed by atoms with E-state index in [1.165, 1.54) is 6.07 Å². The fraction of sp³-hybridized carbons (Fsp3) is 0. The first kappa shape index (κ1) is 10.1. The van der Waals surface area contributed by atoms with Gasteiger partial charge in [-0.2, -0.15) is 0 Å². The van der Waals surface area contributed by atoms with Crippen molar-refractivity contribution < 1.29 is 0 Å². The molecule has 0 unspecified atom stereocenters. The fourth-order valence-electron chi connectivity index (χ4n) is 1.25. The summed E-state index contributed by atoms with van der Waals surface area (Å²) in [5, 5.41) is 0.584. The van der Waals surface area contributed by atoms with E-state index in [-0.39, 0.29) is 5.56 Å². The number of H-pyrrole nitrogens is 1.